The third-order valence-electron chi connectivity index (χ3n) is 3.42. The lowest BCUT2D eigenvalue weighted by atomic mass is 10.1. The second-order valence-electron chi connectivity index (χ2n) is 4.54. The summed E-state index contributed by atoms with van der Waals surface area (Å²) in [5, 5.41) is 1.81. The Morgan fingerprint density at radius 3 is 2.24 bits per heavy atom. The van der Waals surface area contributed by atoms with Gasteiger partial charge in [-0.2, -0.15) is 4.31 Å². The molecule has 2 aliphatic rings. The molecule has 1 saturated carbocycles. The van der Waals surface area contributed by atoms with Crippen molar-refractivity contribution in [1.29, 1.82) is 0 Å². The Balaban J connectivity index is 1.76. The zero-order valence-corrected chi connectivity index (χ0v) is 11.2. The van der Waals surface area contributed by atoms with Crippen molar-refractivity contribution in [2.45, 2.75) is 29.9 Å². The van der Waals surface area contributed by atoms with Gasteiger partial charge in [-0.25, -0.2) is 8.42 Å². The van der Waals surface area contributed by atoms with E-state index >= 15 is 0 Å². The van der Waals surface area contributed by atoms with E-state index in [0.29, 0.717) is 17.3 Å². The van der Waals surface area contributed by atoms with Gasteiger partial charge in [0.15, 0.2) is 0 Å². The summed E-state index contributed by atoms with van der Waals surface area (Å²) >= 11 is 1.30. The fourth-order valence-corrected chi connectivity index (χ4v) is 4.89. The molecule has 3 rings (SSSR count). The fraction of sp³-hybridized carbons (Fsp3) is 0.500. The van der Waals surface area contributed by atoms with Crippen molar-refractivity contribution in [1.82, 2.24) is 4.31 Å². The van der Waals surface area contributed by atoms with Crippen LogP contribution in [0.5, 0.6) is 0 Å². The number of rotatable bonds is 2. The van der Waals surface area contributed by atoms with Gasteiger partial charge in [0.2, 0.25) is 0 Å². The number of nitrogens with zero attached hydrogens (tertiary/aromatic N) is 1. The molecule has 0 unspecified atom stereocenters. The molecule has 2 fully saturated rings. The Labute approximate surface area is 106 Å². The van der Waals surface area contributed by atoms with Gasteiger partial charge in [-0.1, -0.05) is 17.2 Å². The fourth-order valence-electron chi connectivity index (χ4n) is 2.30. The van der Waals surface area contributed by atoms with E-state index < -0.39 is 10.0 Å². The van der Waals surface area contributed by atoms with Crippen LogP contribution in [0.15, 0.2) is 32.9 Å². The molecule has 0 spiro atoms. The van der Waals surface area contributed by atoms with Crippen LogP contribution in [0.25, 0.3) is 0 Å². The lowest BCUT2D eigenvalue weighted by Crippen LogP contribution is -2.36. The van der Waals surface area contributed by atoms with Crippen LogP contribution in [-0.2, 0) is 10.0 Å². The summed E-state index contributed by atoms with van der Waals surface area (Å²) in [6, 6.07) is 3.48. The third kappa shape index (κ3) is 2.19. The Hall–Kier alpha value is -0.650. The molecule has 1 aliphatic carbocycles. The molecular formula is C12H15NO2S2. The Morgan fingerprint density at radius 2 is 1.71 bits per heavy atom. The normalized spacial score (nSPS) is 21.9. The standard InChI is InChI=1S/C12H15NO2S2/c14-17(15,12-2-1-9-16-12)13-7-5-11(6-8-13)10-3-4-10/h1-2,9H,3-8H2. The molecule has 0 N–H and O–H groups in total. The van der Waals surface area contributed by atoms with Crippen LogP contribution in [0, 0.1) is 0 Å². The Morgan fingerprint density at radius 1 is 1.06 bits per heavy atom. The highest BCUT2D eigenvalue weighted by molar-refractivity contribution is 7.91. The first-order valence-electron chi connectivity index (χ1n) is 5.91. The van der Waals surface area contributed by atoms with Crippen LogP contribution in [0.2, 0.25) is 0 Å². The summed E-state index contributed by atoms with van der Waals surface area (Å²) in [6.45, 7) is 1.30. The minimum Gasteiger partial charge on any atom is -0.206 e. The van der Waals surface area contributed by atoms with Gasteiger partial charge in [-0.05, 0) is 37.1 Å². The highest BCUT2D eigenvalue weighted by Crippen LogP contribution is 2.37. The smallest absolute Gasteiger partial charge is 0.206 e. The molecule has 1 saturated heterocycles. The average molecular weight is 269 g/mol. The van der Waals surface area contributed by atoms with E-state index in [1.807, 2.05) is 5.38 Å². The molecule has 1 aromatic rings. The Kier molecular flexibility index (Phi) is 2.84. The van der Waals surface area contributed by atoms with Crippen LogP contribution in [0.4, 0.5) is 0 Å². The monoisotopic (exact) mass is 269 g/mol. The van der Waals surface area contributed by atoms with E-state index in [4.69, 9.17) is 0 Å². The molecule has 0 atom stereocenters. The maximum atomic E-state index is 12.3. The Bertz CT molecular complexity index is 527. The van der Waals surface area contributed by atoms with Crippen molar-refractivity contribution in [3.8, 4) is 0 Å². The van der Waals surface area contributed by atoms with Gasteiger partial charge in [-0.3, -0.25) is 0 Å². The minimum atomic E-state index is -3.22. The van der Waals surface area contributed by atoms with E-state index in [0.717, 1.165) is 12.8 Å². The second kappa shape index (κ2) is 4.23. The van der Waals surface area contributed by atoms with Crippen molar-refractivity contribution in [3.05, 3.63) is 28.7 Å². The first-order valence-corrected chi connectivity index (χ1v) is 8.23. The SMILES string of the molecule is O=S(=O)(c1cccs1)N1CCC(=C2CC2)CC1. The molecule has 1 aliphatic heterocycles. The predicted octanol–water partition coefficient (Wildman–Crippen LogP) is 2.62. The van der Waals surface area contributed by atoms with Crippen LogP contribution >= 0.6 is 11.3 Å². The van der Waals surface area contributed by atoms with E-state index in [9.17, 15) is 8.42 Å². The summed E-state index contributed by atoms with van der Waals surface area (Å²) in [5.74, 6) is 0. The van der Waals surface area contributed by atoms with Gasteiger partial charge in [0.1, 0.15) is 4.21 Å². The zero-order chi connectivity index (χ0) is 11.9. The largest absolute Gasteiger partial charge is 0.252 e. The summed E-state index contributed by atoms with van der Waals surface area (Å²) in [4.78, 5) is 0. The lowest BCUT2D eigenvalue weighted by Gasteiger charge is -2.27. The van der Waals surface area contributed by atoms with Gasteiger partial charge in [-0.15, -0.1) is 11.3 Å². The van der Waals surface area contributed by atoms with E-state index in [1.165, 1.54) is 29.8 Å². The molecule has 92 valence electrons. The van der Waals surface area contributed by atoms with Crippen molar-refractivity contribution in [3.63, 3.8) is 0 Å². The highest BCUT2D eigenvalue weighted by Gasteiger charge is 2.30. The second-order valence-corrected chi connectivity index (χ2v) is 7.66. The molecule has 5 heteroatoms. The van der Waals surface area contributed by atoms with E-state index in [1.54, 1.807) is 22.0 Å². The summed E-state index contributed by atoms with van der Waals surface area (Å²) in [7, 11) is -3.22. The molecular weight excluding hydrogens is 254 g/mol. The maximum Gasteiger partial charge on any atom is 0.252 e. The number of piperidine rings is 1. The zero-order valence-electron chi connectivity index (χ0n) is 9.55. The van der Waals surface area contributed by atoms with Gasteiger partial charge in [0.25, 0.3) is 10.0 Å². The van der Waals surface area contributed by atoms with Crippen LogP contribution in [0.1, 0.15) is 25.7 Å². The van der Waals surface area contributed by atoms with Crippen molar-refractivity contribution >= 4 is 21.4 Å². The van der Waals surface area contributed by atoms with Crippen LogP contribution in [-0.4, -0.2) is 25.8 Å². The summed E-state index contributed by atoms with van der Waals surface area (Å²) < 4.78 is 26.6. The van der Waals surface area contributed by atoms with Crippen molar-refractivity contribution in [2.24, 2.45) is 0 Å². The molecule has 0 aromatic carbocycles. The maximum absolute atomic E-state index is 12.3. The first-order chi connectivity index (χ1) is 8.18. The van der Waals surface area contributed by atoms with Crippen molar-refractivity contribution < 1.29 is 8.42 Å². The molecule has 0 amide bonds. The average Bonchev–Trinajstić information content (AvgIpc) is 3.03. The van der Waals surface area contributed by atoms with Crippen molar-refractivity contribution in [2.75, 3.05) is 13.1 Å². The summed E-state index contributed by atoms with van der Waals surface area (Å²) in [6.07, 6.45) is 4.35. The predicted molar refractivity (Wildman–Crippen MR) is 68.6 cm³/mol. The number of sulfonamides is 1. The first kappa shape index (κ1) is 11.4. The lowest BCUT2D eigenvalue weighted by molar-refractivity contribution is 0.387. The van der Waals surface area contributed by atoms with Gasteiger partial charge in [0.05, 0.1) is 0 Å². The summed E-state index contributed by atoms with van der Waals surface area (Å²) in [5.41, 5.74) is 3.10. The van der Waals surface area contributed by atoms with Gasteiger partial charge in [0, 0.05) is 13.1 Å². The number of thiophene rings is 1. The minimum absolute atomic E-state index is 0.472. The molecule has 2 heterocycles. The number of hydrogen-bond donors (Lipinski definition) is 0. The number of allylic oxidation sites excluding steroid dienone is 1. The molecule has 0 radical (unpaired) electrons. The quantitative estimate of drug-likeness (QED) is 0.774. The van der Waals surface area contributed by atoms with Gasteiger partial charge >= 0.3 is 0 Å². The van der Waals surface area contributed by atoms with Crippen LogP contribution < -0.4 is 0 Å². The molecule has 1 aromatic heterocycles. The highest BCUT2D eigenvalue weighted by atomic mass is 32.2. The molecule has 0 bridgehead atoms. The number of hydrogen-bond acceptors (Lipinski definition) is 3. The van der Waals surface area contributed by atoms with Gasteiger partial charge < -0.3 is 0 Å². The topological polar surface area (TPSA) is 37.4 Å². The third-order valence-corrected chi connectivity index (χ3v) is 6.69. The van der Waals surface area contributed by atoms with E-state index in [-0.39, 0.29) is 0 Å². The molecule has 3 nitrogen and oxygen atoms in total. The van der Waals surface area contributed by atoms with Crippen LogP contribution in [0.3, 0.4) is 0 Å². The van der Waals surface area contributed by atoms with E-state index in [2.05, 4.69) is 0 Å². The molecule has 17 heavy (non-hydrogen) atoms.